The summed E-state index contributed by atoms with van der Waals surface area (Å²) < 4.78 is 18.2. The molecule has 0 atom stereocenters. The van der Waals surface area contributed by atoms with Gasteiger partial charge in [0.05, 0.1) is 19.8 Å². The Morgan fingerprint density at radius 3 is 2.28 bits per heavy atom. The van der Waals surface area contributed by atoms with E-state index >= 15 is 0 Å². The first-order chi connectivity index (χ1) is 13.2. The Balaban J connectivity index is 2.49. The lowest BCUT2D eigenvalue weighted by atomic mass is 10.1. The highest BCUT2D eigenvalue weighted by Crippen LogP contribution is 2.36. The Hall–Kier alpha value is -0.953. The zero-order chi connectivity index (χ0) is 22.3. The molecule has 0 aliphatic rings. The minimum absolute atomic E-state index is 0.215. The summed E-state index contributed by atoms with van der Waals surface area (Å²) >= 11 is 3.54. The van der Waals surface area contributed by atoms with Crippen molar-refractivity contribution in [1.82, 2.24) is 0 Å². The predicted octanol–water partition coefficient (Wildman–Crippen LogP) is 6.38. The van der Waals surface area contributed by atoms with Crippen LogP contribution in [0.1, 0.15) is 52.7 Å². The largest absolute Gasteiger partial charge is 0.457 e. The first kappa shape index (κ1) is 26.1. The summed E-state index contributed by atoms with van der Waals surface area (Å²) in [6, 6.07) is 6.10. The van der Waals surface area contributed by atoms with Gasteiger partial charge in [-0.15, -0.1) is 0 Å². The number of hydrogen-bond donors (Lipinski definition) is 0. The number of benzene rings is 1. The SMILES string of the molecule is CC(C)(C)OC(=O)/C=C/c1cc(Br)cc(CCOCCO[Si](C)(C)C(C)(C)C)c1. The Bertz CT molecular complexity index is 700. The third-order valence-electron chi connectivity index (χ3n) is 4.83. The van der Waals surface area contributed by atoms with Crippen molar-refractivity contribution >= 4 is 36.3 Å². The van der Waals surface area contributed by atoms with E-state index in [9.17, 15) is 4.79 Å². The fourth-order valence-corrected chi connectivity index (χ4v) is 3.87. The average molecular weight is 486 g/mol. The van der Waals surface area contributed by atoms with E-state index in [4.69, 9.17) is 13.9 Å². The first-order valence-corrected chi connectivity index (χ1v) is 13.8. The van der Waals surface area contributed by atoms with Crippen molar-refractivity contribution in [2.75, 3.05) is 19.8 Å². The summed E-state index contributed by atoms with van der Waals surface area (Å²) in [6.07, 6.45) is 4.04. The number of halogens is 1. The van der Waals surface area contributed by atoms with Crippen LogP contribution in [0, 0.1) is 0 Å². The van der Waals surface area contributed by atoms with Crippen molar-refractivity contribution in [2.24, 2.45) is 0 Å². The zero-order valence-corrected chi connectivity index (χ0v) is 21.8. The van der Waals surface area contributed by atoms with Gasteiger partial charge in [0.1, 0.15) is 5.60 Å². The Morgan fingerprint density at radius 2 is 1.69 bits per heavy atom. The molecule has 1 rings (SSSR count). The van der Waals surface area contributed by atoms with Crippen LogP contribution in [0.2, 0.25) is 18.1 Å². The second-order valence-electron chi connectivity index (χ2n) is 9.73. The molecule has 0 aliphatic carbocycles. The summed E-state index contributed by atoms with van der Waals surface area (Å²) in [5, 5.41) is 0.215. The van der Waals surface area contributed by atoms with Gasteiger partial charge in [0.25, 0.3) is 0 Å². The normalized spacial score (nSPS) is 13.1. The number of rotatable bonds is 9. The maximum Gasteiger partial charge on any atom is 0.331 e. The van der Waals surface area contributed by atoms with Crippen molar-refractivity contribution < 1.29 is 18.7 Å². The molecule has 1 aromatic rings. The standard InChI is InChI=1S/C23H37BrO4Si/c1-22(2,3)28-21(25)10-9-18-15-19(17-20(24)16-18)11-12-26-13-14-27-29(7,8)23(4,5)6/h9-10,15-17H,11-14H2,1-8H3/b10-9+. The Labute approximate surface area is 186 Å². The smallest absolute Gasteiger partial charge is 0.331 e. The molecule has 0 amide bonds. The maximum absolute atomic E-state index is 11.9. The van der Waals surface area contributed by atoms with E-state index in [0.717, 1.165) is 22.0 Å². The van der Waals surface area contributed by atoms with Gasteiger partial charge in [0, 0.05) is 10.5 Å². The summed E-state index contributed by atoms with van der Waals surface area (Å²) in [4.78, 5) is 11.9. The molecule has 0 unspecified atom stereocenters. The highest BCUT2D eigenvalue weighted by Gasteiger charge is 2.36. The van der Waals surface area contributed by atoms with Gasteiger partial charge in [-0.2, -0.15) is 0 Å². The Morgan fingerprint density at radius 1 is 1.03 bits per heavy atom. The molecule has 0 saturated heterocycles. The van der Waals surface area contributed by atoms with Gasteiger partial charge >= 0.3 is 5.97 Å². The highest BCUT2D eigenvalue weighted by atomic mass is 79.9. The van der Waals surface area contributed by atoms with E-state index in [1.807, 2.05) is 26.8 Å². The molecule has 0 fully saturated rings. The highest BCUT2D eigenvalue weighted by molar-refractivity contribution is 9.10. The fourth-order valence-electron chi connectivity index (χ4n) is 2.28. The quantitative estimate of drug-likeness (QED) is 0.176. The van der Waals surface area contributed by atoms with E-state index in [0.29, 0.717) is 19.8 Å². The van der Waals surface area contributed by atoms with E-state index < -0.39 is 13.9 Å². The molecule has 0 radical (unpaired) electrons. The molecule has 0 saturated carbocycles. The molecule has 0 N–H and O–H groups in total. The van der Waals surface area contributed by atoms with Gasteiger partial charge in [0.15, 0.2) is 8.32 Å². The van der Waals surface area contributed by atoms with Crippen LogP contribution in [0.25, 0.3) is 6.08 Å². The zero-order valence-electron chi connectivity index (χ0n) is 19.2. The maximum atomic E-state index is 11.9. The number of carbonyl (C=O) groups is 1. The number of hydrogen-bond acceptors (Lipinski definition) is 4. The molecule has 0 bridgehead atoms. The van der Waals surface area contributed by atoms with Crippen molar-refractivity contribution in [2.45, 2.75) is 71.7 Å². The van der Waals surface area contributed by atoms with Gasteiger partial charge in [-0.05, 0) is 74.7 Å². The van der Waals surface area contributed by atoms with Crippen molar-refractivity contribution in [3.63, 3.8) is 0 Å². The van der Waals surface area contributed by atoms with E-state index in [-0.39, 0.29) is 11.0 Å². The van der Waals surface area contributed by atoms with Gasteiger partial charge in [-0.3, -0.25) is 0 Å². The van der Waals surface area contributed by atoms with Gasteiger partial charge in [-0.25, -0.2) is 4.79 Å². The topological polar surface area (TPSA) is 44.8 Å². The van der Waals surface area contributed by atoms with Crippen LogP contribution in [-0.2, 0) is 25.1 Å². The molecule has 1 aromatic carbocycles. The predicted molar refractivity (Wildman–Crippen MR) is 127 cm³/mol. The van der Waals surface area contributed by atoms with Crippen molar-refractivity contribution in [3.05, 3.63) is 39.9 Å². The lowest BCUT2D eigenvalue weighted by Crippen LogP contribution is -2.41. The fraction of sp³-hybridized carbons (Fsp3) is 0.609. The molecule has 0 spiro atoms. The minimum atomic E-state index is -1.71. The van der Waals surface area contributed by atoms with Crippen LogP contribution in [0.3, 0.4) is 0 Å². The second-order valence-corrected chi connectivity index (χ2v) is 15.5. The summed E-state index contributed by atoms with van der Waals surface area (Å²) in [7, 11) is -1.71. The lowest BCUT2D eigenvalue weighted by Gasteiger charge is -2.36. The second kappa shape index (κ2) is 10.9. The van der Waals surface area contributed by atoms with Crippen LogP contribution in [-0.4, -0.2) is 39.7 Å². The van der Waals surface area contributed by atoms with Gasteiger partial charge in [0.2, 0.25) is 0 Å². The van der Waals surface area contributed by atoms with Gasteiger partial charge < -0.3 is 13.9 Å². The molecule has 164 valence electrons. The summed E-state index contributed by atoms with van der Waals surface area (Å²) in [6.45, 7) is 18.7. The number of ether oxygens (including phenoxy) is 2. The van der Waals surface area contributed by atoms with Crippen molar-refractivity contribution in [1.29, 1.82) is 0 Å². The molecule has 6 heteroatoms. The molecule has 0 heterocycles. The number of esters is 1. The van der Waals surface area contributed by atoms with E-state index in [1.54, 1.807) is 6.08 Å². The summed E-state index contributed by atoms with van der Waals surface area (Å²) in [5.74, 6) is -0.343. The van der Waals surface area contributed by atoms with Crippen LogP contribution in [0.15, 0.2) is 28.7 Å². The summed E-state index contributed by atoms with van der Waals surface area (Å²) in [5.41, 5.74) is 1.60. The van der Waals surface area contributed by atoms with Crippen LogP contribution in [0.4, 0.5) is 0 Å². The van der Waals surface area contributed by atoms with Crippen LogP contribution in [0.5, 0.6) is 0 Å². The third kappa shape index (κ3) is 10.6. The van der Waals surface area contributed by atoms with Crippen LogP contribution >= 0.6 is 15.9 Å². The minimum Gasteiger partial charge on any atom is -0.457 e. The lowest BCUT2D eigenvalue weighted by molar-refractivity contribution is -0.148. The van der Waals surface area contributed by atoms with Crippen molar-refractivity contribution in [3.8, 4) is 0 Å². The van der Waals surface area contributed by atoms with Crippen LogP contribution < -0.4 is 0 Å². The van der Waals surface area contributed by atoms with E-state index in [1.165, 1.54) is 6.08 Å². The average Bonchev–Trinajstić information content (AvgIpc) is 2.53. The Kier molecular flexibility index (Phi) is 9.80. The molecule has 0 aromatic heterocycles. The monoisotopic (exact) mass is 484 g/mol. The molecular weight excluding hydrogens is 448 g/mol. The first-order valence-electron chi connectivity index (χ1n) is 10.1. The molecule has 4 nitrogen and oxygen atoms in total. The van der Waals surface area contributed by atoms with Gasteiger partial charge in [-0.1, -0.05) is 42.8 Å². The molecular formula is C23H37BrO4Si. The van der Waals surface area contributed by atoms with E-state index in [2.05, 4.69) is 61.9 Å². The number of carbonyl (C=O) groups excluding carboxylic acids is 1. The molecule has 0 aliphatic heterocycles. The third-order valence-corrected chi connectivity index (χ3v) is 9.83. The molecule has 29 heavy (non-hydrogen) atoms.